The fraction of sp³-hybridized carbons (Fsp3) is 0.500. The number of benzene rings is 1. The van der Waals surface area contributed by atoms with Crippen LogP contribution in [0.3, 0.4) is 0 Å². The first kappa shape index (κ1) is 12.9. The standard InChI is InChI=1S/C14H19NO3/c16-9-13(12-7-4-8-12)15-14(17)18-10-11-5-2-1-3-6-11/h1-3,5-6,12-13,16H,4,7-10H2,(H,15,17). The topological polar surface area (TPSA) is 58.6 Å². The highest BCUT2D eigenvalue weighted by molar-refractivity contribution is 5.67. The Kier molecular flexibility index (Phi) is 4.59. The van der Waals surface area contributed by atoms with Gasteiger partial charge in [-0.3, -0.25) is 0 Å². The first-order valence-electron chi connectivity index (χ1n) is 6.37. The van der Waals surface area contributed by atoms with Gasteiger partial charge >= 0.3 is 6.09 Å². The molecule has 1 fully saturated rings. The van der Waals surface area contributed by atoms with Gasteiger partial charge in [0.15, 0.2) is 0 Å². The molecule has 1 aliphatic carbocycles. The number of alkyl carbamates (subject to hydrolysis) is 1. The molecule has 1 aromatic rings. The maximum atomic E-state index is 11.6. The van der Waals surface area contributed by atoms with Crippen molar-refractivity contribution in [3.8, 4) is 0 Å². The molecule has 98 valence electrons. The first-order valence-corrected chi connectivity index (χ1v) is 6.37. The molecule has 1 atom stereocenters. The van der Waals surface area contributed by atoms with Gasteiger partial charge in [-0.25, -0.2) is 4.79 Å². The fourth-order valence-corrected chi connectivity index (χ4v) is 2.07. The zero-order valence-corrected chi connectivity index (χ0v) is 10.3. The van der Waals surface area contributed by atoms with Crippen molar-refractivity contribution >= 4 is 6.09 Å². The van der Waals surface area contributed by atoms with Crippen LogP contribution in [0.5, 0.6) is 0 Å². The van der Waals surface area contributed by atoms with Crippen LogP contribution in [-0.2, 0) is 11.3 Å². The van der Waals surface area contributed by atoms with Gasteiger partial charge in [-0.2, -0.15) is 0 Å². The van der Waals surface area contributed by atoms with Crippen LogP contribution in [-0.4, -0.2) is 23.8 Å². The van der Waals surface area contributed by atoms with Gasteiger partial charge in [-0.1, -0.05) is 36.8 Å². The molecule has 0 bridgehead atoms. The first-order chi connectivity index (χ1) is 8.79. The second kappa shape index (κ2) is 6.40. The highest BCUT2D eigenvalue weighted by atomic mass is 16.5. The van der Waals surface area contributed by atoms with Crippen LogP contribution in [0.15, 0.2) is 30.3 Å². The van der Waals surface area contributed by atoms with Crippen LogP contribution in [0.2, 0.25) is 0 Å². The average molecular weight is 249 g/mol. The van der Waals surface area contributed by atoms with E-state index in [0.29, 0.717) is 5.92 Å². The molecule has 1 unspecified atom stereocenters. The summed E-state index contributed by atoms with van der Waals surface area (Å²) >= 11 is 0. The van der Waals surface area contributed by atoms with Gasteiger partial charge in [0, 0.05) is 0 Å². The number of carbonyl (C=O) groups is 1. The smallest absolute Gasteiger partial charge is 0.407 e. The normalized spacial score (nSPS) is 16.7. The number of ether oxygens (including phenoxy) is 1. The lowest BCUT2D eigenvalue weighted by atomic mass is 9.80. The van der Waals surface area contributed by atoms with Crippen molar-refractivity contribution in [2.45, 2.75) is 31.9 Å². The minimum absolute atomic E-state index is 0.0227. The molecule has 4 heteroatoms. The van der Waals surface area contributed by atoms with E-state index in [9.17, 15) is 9.90 Å². The van der Waals surface area contributed by atoms with Gasteiger partial charge < -0.3 is 15.2 Å². The summed E-state index contributed by atoms with van der Waals surface area (Å²) in [5.41, 5.74) is 0.955. The van der Waals surface area contributed by atoms with Crippen molar-refractivity contribution < 1.29 is 14.6 Å². The number of aliphatic hydroxyl groups excluding tert-OH is 1. The predicted molar refractivity (Wildman–Crippen MR) is 68.0 cm³/mol. The highest BCUT2D eigenvalue weighted by Crippen LogP contribution is 2.29. The minimum Gasteiger partial charge on any atom is -0.445 e. The molecule has 0 aliphatic heterocycles. The summed E-state index contributed by atoms with van der Waals surface area (Å²) in [6.07, 6.45) is 2.88. The lowest BCUT2D eigenvalue weighted by Crippen LogP contribution is -2.45. The largest absolute Gasteiger partial charge is 0.445 e. The Morgan fingerprint density at radius 1 is 1.39 bits per heavy atom. The molecule has 4 nitrogen and oxygen atoms in total. The van der Waals surface area contributed by atoms with Crippen molar-refractivity contribution in [1.82, 2.24) is 5.32 Å². The van der Waals surface area contributed by atoms with E-state index in [1.807, 2.05) is 30.3 Å². The summed E-state index contributed by atoms with van der Waals surface area (Å²) in [5, 5.41) is 12.0. The molecule has 1 saturated carbocycles. The maximum Gasteiger partial charge on any atom is 0.407 e. The minimum atomic E-state index is -0.454. The van der Waals surface area contributed by atoms with E-state index >= 15 is 0 Å². The second-order valence-electron chi connectivity index (χ2n) is 4.69. The average Bonchev–Trinajstić information content (AvgIpc) is 2.34. The van der Waals surface area contributed by atoms with Gasteiger partial charge in [0.2, 0.25) is 0 Å². The van der Waals surface area contributed by atoms with Crippen molar-refractivity contribution in [3.05, 3.63) is 35.9 Å². The summed E-state index contributed by atoms with van der Waals surface area (Å²) in [7, 11) is 0. The molecule has 0 heterocycles. The molecule has 0 radical (unpaired) electrons. The molecule has 1 aliphatic rings. The molecule has 2 rings (SSSR count). The molecular formula is C14H19NO3. The van der Waals surface area contributed by atoms with Crippen molar-refractivity contribution in [2.75, 3.05) is 6.61 Å². The molecule has 0 aromatic heterocycles. The van der Waals surface area contributed by atoms with E-state index in [4.69, 9.17) is 4.74 Å². The Bertz CT molecular complexity index is 376. The molecular weight excluding hydrogens is 230 g/mol. The van der Waals surface area contributed by atoms with Gasteiger partial charge in [0.25, 0.3) is 0 Å². The lowest BCUT2D eigenvalue weighted by molar-refractivity contribution is 0.107. The zero-order chi connectivity index (χ0) is 12.8. The Morgan fingerprint density at radius 2 is 2.11 bits per heavy atom. The Hall–Kier alpha value is -1.55. The third-order valence-corrected chi connectivity index (χ3v) is 3.43. The van der Waals surface area contributed by atoms with E-state index in [2.05, 4.69) is 5.32 Å². The summed E-state index contributed by atoms with van der Waals surface area (Å²) in [5.74, 6) is 0.402. The van der Waals surface area contributed by atoms with Crippen molar-refractivity contribution in [2.24, 2.45) is 5.92 Å². The predicted octanol–water partition coefficient (Wildman–Crippen LogP) is 2.07. The number of rotatable bonds is 5. The molecule has 2 N–H and O–H groups in total. The number of hydrogen-bond donors (Lipinski definition) is 2. The summed E-state index contributed by atoms with van der Waals surface area (Å²) in [6.45, 7) is 0.237. The third kappa shape index (κ3) is 3.47. The van der Waals surface area contributed by atoms with E-state index in [0.717, 1.165) is 18.4 Å². The molecule has 1 aromatic carbocycles. The van der Waals surface area contributed by atoms with E-state index in [1.165, 1.54) is 6.42 Å². The fourth-order valence-electron chi connectivity index (χ4n) is 2.07. The third-order valence-electron chi connectivity index (χ3n) is 3.43. The Labute approximate surface area is 107 Å². The number of aliphatic hydroxyl groups is 1. The number of hydrogen-bond acceptors (Lipinski definition) is 3. The van der Waals surface area contributed by atoms with Gasteiger partial charge in [0.05, 0.1) is 12.6 Å². The van der Waals surface area contributed by atoms with Crippen LogP contribution < -0.4 is 5.32 Å². The monoisotopic (exact) mass is 249 g/mol. The summed E-state index contributed by atoms with van der Waals surface area (Å²) in [6, 6.07) is 9.37. The van der Waals surface area contributed by atoms with Crippen molar-refractivity contribution in [3.63, 3.8) is 0 Å². The van der Waals surface area contributed by atoms with Gasteiger partial charge in [-0.15, -0.1) is 0 Å². The van der Waals surface area contributed by atoms with Crippen LogP contribution in [0.1, 0.15) is 24.8 Å². The summed E-state index contributed by atoms with van der Waals surface area (Å²) in [4.78, 5) is 11.6. The van der Waals surface area contributed by atoms with Crippen LogP contribution in [0.4, 0.5) is 4.79 Å². The maximum absolute atomic E-state index is 11.6. The number of nitrogens with one attached hydrogen (secondary N) is 1. The van der Waals surface area contributed by atoms with E-state index < -0.39 is 6.09 Å². The van der Waals surface area contributed by atoms with Crippen LogP contribution >= 0.6 is 0 Å². The SMILES string of the molecule is O=C(NC(CO)C1CCC1)OCc1ccccc1. The van der Waals surface area contributed by atoms with Crippen LogP contribution in [0, 0.1) is 5.92 Å². The number of carbonyl (C=O) groups excluding carboxylic acids is 1. The molecule has 0 spiro atoms. The second-order valence-corrected chi connectivity index (χ2v) is 4.69. The lowest BCUT2D eigenvalue weighted by Gasteiger charge is -2.32. The molecule has 1 amide bonds. The summed E-state index contributed by atoms with van der Waals surface area (Å²) < 4.78 is 5.12. The molecule has 0 saturated heterocycles. The molecule has 18 heavy (non-hydrogen) atoms. The van der Waals surface area contributed by atoms with Crippen LogP contribution in [0.25, 0.3) is 0 Å². The van der Waals surface area contributed by atoms with Gasteiger partial charge in [-0.05, 0) is 24.3 Å². The number of amides is 1. The van der Waals surface area contributed by atoms with E-state index in [-0.39, 0.29) is 19.3 Å². The quantitative estimate of drug-likeness (QED) is 0.840. The zero-order valence-electron chi connectivity index (χ0n) is 10.3. The Morgan fingerprint density at radius 3 is 2.67 bits per heavy atom. The van der Waals surface area contributed by atoms with E-state index in [1.54, 1.807) is 0 Å². The van der Waals surface area contributed by atoms with Gasteiger partial charge in [0.1, 0.15) is 6.61 Å². The highest BCUT2D eigenvalue weighted by Gasteiger charge is 2.28. The van der Waals surface area contributed by atoms with Crippen molar-refractivity contribution in [1.29, 1.82) is 0 Å². The Balaban J connectivity index is 1.74.